The number of hydrogen-bond acceptors (Lipinski definition) is 5. The fraction of sp³-hybridized carbons (Fsp3) is 0.111. The lowest BCUT2D eigenvalue weighted by molar-refractivity contribution is -0.384. The molecule has 0 atom stereocenters. The minimum Gasteiger partial charge on any atom is -0.493 e. The molecule has 0 aliphatic carbocycles. The molecule has 2 aromatic rings. The Morgan fingerprint density at radius 1 is 1.41 bits per heavy atom. The van der Waals surface area contributed by atoms with Gasteiger partial charge in [-0.25, -0.2) is 0 Å². The number of nitrogens with one attached hydrogen (secondary N) is 1. The maximum absolute atomic E-state index is 12.4. The van der Waals surface area contributed by atoms with Crippen LogP contribution in [0.2, 0.25) is 5.02 Å². The first-order valence-corrected chi connectivity index (χ1v) is 8.82. The van der Waals surface area contributed by atoms with E-state index >= 15 is 0 Å². The normalized spacial score (nSPS) is 10.8. The minimum atomic E-state index is -0.698. The molecule has 138 valence electrons. The maximum Gasteiger partial charge on any atom is 0.271 e. The standard InChI is InChI=1S/C18H13BrClN3O4/c1-2-27-17-6-3-13(19)8-11(17)7-12(10-21)18(24)22-16-5-4-14(23(25)26)9-15(16)20/h3-9H,2H2,1H3,(H,22,24)/b12-7+. The van der Waals surface area contributed by atoms with E-state index in [9.17, 15) is 20.2 Å². The third kappa shape index (κ3) is 5.29. The van der Waals surface area contributed by atoms with Crippen LogP contribution in [0.25, 0.3) is 6.08 Å². The molecular weight excluding hydrogens is 438 g/mol. The van der Waals surface area contributed by atoms with E-state index in [1.807, 2.05) is 13.0 Å². The van der Waals surface area contributed by atoms with E-state index in [1.54, 1.807) is 18.2 Å². The average Bonchev–Trinajstić information content (AvgIpc) is 2.63. The van der Waals surface area contributed by atoms with Gasteiger partial charge in [-0.3, -0.25) is 14.9 Å². The topological polar surface area (TPSA) is 105 Å². The molecule has 0 spiro atoms. The molecule has 0 saturated heterocycles. The molecule has 27 heavy (non-hydrogen) atoms. The van der Waals surface area contributed by atoms with Gasteiger partial charge < -0.3 is 10.1 Å². The Morgan fingerprint density at radius 2 is 2.15 bits per heavy atom. The van der Waals surface area contributed by atoms with Crippen LogP contribution in [0, 0.1) is 21.4 Å². The number of ether oxygens (including phenoxy) is 1. The summed E-state index contributed by atoms with van der Waals surface area (Å²) in [5, 5.41) is 22.6. The fourth-order valence-electron chi connectivity index (χ4n) is 2.13. The van der Waals surface area contributed by atoms with Gasteiger partial charge in [-0.1, -0.05) is 27.5 Å². The molecule has 0 radical (unpaired) electrons. The summed E-state index contributed by atoms with van der Waals surface area (Å²) in [5.41, 5.74) is 0.327. The number of benzene rings is 2. The summed E-state index contributed by atoms with van der Waals surface area (Å²) in [6.45, 7) is 2.25. The van der Waals surface area contributed by atoms with Gasteiger partial charge in [0.15, 0.2) is 0 Å². The first kappa shape index (κ1) is 20.4. The van der Waals surface area contributed by atoms with Crippen molar-refractivity contribution in [2.24, 2.45) is 0 Å². The molecular formula is C18H13BrClN3O4. The van der Waals surface area contributed by atoms with Gasteiger partial charge in [-0.2, -0.15) is 5.26 Å². The summed E-state index contributed by atoms with van der Waals surface area (Å²) in [6, 6.07) is 10.7. The molecule has 0 aliphatic heterocycles. The minimum absolute atomic E-state index is 0.00713. The van der Waals surface area contributed by atoms with E-state index in [-0.39, 0.29) is 22.0 Å². The quantitative estimate of drug-likeness (QED) is 0.290. The van der Waals surface area contributed by atoms with Crippen molar-refractivity contribution in [1.82, 2.24) is 0 Å². The number of amides is 1. The van der Waals surface area contributed by atoms with Crippen molar-refractivity contribution in [3.63, 3.8) is 0 Å². The van der Waals surface area contributed by atoms with Gasteiger partial charge in [0, 0.05) is 22.2 Å². The second kappa shape index (κ2) is 9.16. The zero-order valence-electron chi connectivity index (χ0n) is 14.0. The molecule has 1 N–H and O–H groups in total. The van der Waals surface area contributed by atoms with Crippen LogP contribution in [0.15, 0.2) is 46.4 Å². The van der Waals surface area contributed by atoms with Gasteiger partial charge in [0.2, 0.25) is 0 Å². The second-order valence-corrected chi connectivity index (χ2v) is 6.48. The number of non-ortho nitro benzene ring substituents is 1. The van der Waals surface area contributed by atoms with Crippen LogP contribution < -0.4 is 10.1 Å². The summed E-state index contributed by atoms with van der Waals surface area (Å²) in [5.74, 6) is -0.176. The van der Waals surface area contributed by atoms with Crippen LogP contribution in [-0.4, -0.2) is 17.4 Å². The molecule has 0 aromatic heterocycles. The van der Waals surface area contributed by atoms with E-state index < -0.39 is 10.8 Å². The van der Waals surface area contributed by atoms with Crippen LogP contribution in [-0.2, 0) is 4.79 Å². The first-order chi connectivity index (χ1) is 12.8. The van der Waals surface area contributed by atoms with Crippen molar-refractivity contribution in [2.75, 3.05) is 11.9 Å². The number of carbonyl (C=O) groups excluding carboxylic acids is 1. The van der Waals surface area contributed by atoms with Crippen LogP contribution in [0.5, 0.6) is 5.75 Å². The van der Waals surface area contributed by atoms with Gasteiger partial charge >= 0.3 is 0 Å². The number of anilines is 1. The molecule has 2 aromatic carbocycles. The van der Waals surface area contributed by atoms with Crippen LogP contribution in [0.4, 0.5) is 11.4 Å². The van der Waals surface area contributed by atoms with Gasteiger partial charge in [-0.15, -0.1) is 0 Å². The number of nitro benzene ring substituents is 1. The Kier molecular flexibility index (Phi) is 6.93. The fourth-order valence-corrected chi connectivity index (χ4v) is 2.73. The third-order valence-corrected chi connectivity index (χ3v) is 4.15. The summed E-state index contributed by atoms with van der Waals surface area (Å²) in [6.07, 6.45) is 1.39. The molecule has 7 nitrogen and oxygen atoms in total. The highest BCUT2D eigenvalue weighted by molar-refractivity contribution is 9.10. The molecule has 0 heterocycles. The van der Waals surface area contributed by atoms with Crippen LogP contribution >= 0.6 is 27.5 Å². The number of nitro groups is 1. The number of halogens is 2. The largest absolute Gasteiger partial charge is 0.493 e. The number of hydrogen-bond donors (Lipinski definition) is 1. The zero-order chi connectivity index (χ0) is 20.0. The highest BCUT2D eigenvalue weighted by atomic mass is 79.9. The van der Waals surface area contributed by atoms with Crippen LogP contribution in [0.1, 0.15) is 12.5 Å². The molecule has 0 unspecified atom stereocenters. The van der Waals surface area contributed by atoms with Gasteiger partial charge in [0.1, 0.15) is 17.4 Å². The van der Waals surface area contributed by atoms with Crippen LogP contribution in [0.3, 0.4) is 0 Å². The molecule has 2 rings (SSSR count). The summed E-state index contributed by atoms with van der Waals surface area (Å²) in [4.78, 5) is 22.6. The Bertz CT molecular complexity index is 970. The second-order valence-electron chi connectivity index (χ2n) is 5.16. The third-order valence-electron chi connectivity index (χ3n) is 3.35. The summed E-state index contributed by atoms with van der Waals surface area (Å²) in [7, 11) is 0. The Hall–Kier alpha value is -2.89. The highest BCUT2D eigenvalue weighted by Crippen LogP contribution is 2.28. The van der Waals surface area contributed by atoms with Crippen molar-refractivity contribution in [1.29, 1.82) is 5.26 Å². The zero-order valence-corrected chi connectivity index (χ0v) is 16.4. The van der Waals surface area contributed by atoms with E-state index in [2.05, 4.69) is 21.2 Å². The Morgan fingerprint density at radius 3 is 2.74 bits per heavy atom. The van der Waals surface area contributed by atoms with Gasteiger partial charge in [0.25, 0.3) is 11.6 Å². The molecule has 0 fully saturated rings. The Balaban J connectivity index is 2.32. The van der Waals surface area contributed by atoms with E-state index in [0.29, 0.717) is 17.9 Å². The maximum atomic E-state index is 12.4. The van der Waals surface area contributed by atoms with Crippen molar-refractivity contribution in [3.05, 3.63) is 67.1 Å². The predicted octanol–water partition coefficient (Wildman–Crippen LogP) is 4.96. The molecule has 9 heteroatoms. The number of nitriles is 1. The smallest absolute Gasteiger partial charge is 0.271 e. The summed E-state index contributed by atoms with van der Waals surface area (Å²) < 4.78 is 6.26. The highest BCUT2D eigenvalue weighted by Gasteiger charge is 2.15. The van der Waals surface area contributed by atoms with Crippen molar-refractivity contribution in [3.8, 4) is 11.8 Å². The average molecular weight is 451 g/mol. The van der Waals surface area contributed by atoms with E-state index in [4.69, 9.17) is 16.3 Å². The molecule has 0 saturated carbocycles. The Labute approximate surface area is 168 Å². The van der Waals surface area contributed by atoms with Gasteiger partial charge in [-0.05, 0) is 37.3 Å². The molecule has 0 aliphatic rings. The van der Waals surface area contributed by atoms with Crippen molar-refractivity contribution < 1.29 is 14.5 Å². The summed E-state index contributed by atoms with van der Waals surface area (Å²) >= 11 is 9.30. The number of nitrogens with zero attached hydrogens (tertiary/aromatic N) is 2. The van der Waals surface area contributed by atoms with E-state index in [0.717, 1.165) is 10.5 Å². The predicted molar refractivity (Wildman–Crippen MR) is 106 cm³/mol. The molecule has 1 amide bonds. The first-order valence-electron chi connectivity index (χ1n) is 7.65. The van der Waals surface area contributed by atoms with Gasteiger partial charge in [0.05, 0.1) is 22.2 Å². The SMILES string of the molecule is CCOc1ccc(Br)cc1/C=C(\C#N)C(=O)Nc1ccc([N+](=O)[O-])cc1Cl. The monoisotopic (exact) mass is 449 g/mol. The number of rotatable bonds is 6. The van der Waals surface area contributed by atoms with Crippen molar-refractivity contribution >= 4 is 50.9 Å². The lowest BCUT2D eigenvalue weighted by Crippen LogP contribution is -2.14. The van der Waals surface area contributed by atoms with Crippen molar-refractivity contribution in [2.45, 2.75) is 6.92 Å². The lowest BCUT2D eigenvalue weighted by Gasteiger charge is -2.09. The van der Waals surface area contributed by atoms with E-state index in [1.165, 1.54) is 18.2 Å². The lowest BCUT2D eigenvalue weighted by atomic mass is 10.1. The number of carbonyl (C=O) groups is 1. The molecule has 0 bridgehead atoms.